The quantitative estimate of drug-likeness (QED) is 0.804. The minimum Gasteiger partial charge on any atom is -0.478 e. The van der Waals surface area contributed by atoms with Crippen LogP contribution in [-0.4, -0.2) is 22.1 Å². The summed E-state index contributed by atoms with van der Waals surface area (Å²) in [4.78, 5) is 26.6. The Balaban J connectivity index is 1.90. The molecule has 0 spiro atoms. The van der Waals surface area contributed by atoms with Crippen LogP contribution in [0.1, 0.15) is 21.6 Å². The van der Waals surface area contributed by atoms with Gasteiger partial charge in [0.1, 0.15) is 0 Å². The zero-order chi connectivity index (χ0) is 15.2. The maximum atomic E-state index is 11.7. The Labute approximate surface area is 121 Å². The van der Waals surface area contributed by atoms with Gasteiger partial charge < -0.3 is 15.7 Å². The van der Waals surface area contributed by atoms with Crippen molar-refractivity contribution in [3.63, 3.8) is 0 Å². The predicted octanol–water partition coefficient (Wildman–Crippen LogP) is 2.41. The first-order valence-electron chi connectivity index (χ1n) is 6.35. The van der Waals surface area contributed by atoms with Crippen molar-refractivity contribution < 1.29 is 14.7 Å². The number of carboxylic acids is 1. The number of pyridine rings is 1. The van der Waals surface area contributed by atoms with Gasteiger partial charge in [0.25, 0.3) is 0 Å². The summed E-state index contributed by atoms with van der Waals surface area (Å²) in [5.74, 6) is -1.00. The van der Waals surface area contributed by atoms with E-state index in [2.05, 4.69) is 15.6 Å². The second kappa shape index (κ2) is 6.51. The van der Waals surface area contributed by atoms with Crippen molar-refractivity contribution in [1.29, 1.82) is 0 Å². The molecule has 0 saturated heterocycles. The molecule has 2 aromatic rings. The molecule has 0 atom stereocenters. The third kappa shape index (κ3) is 4.04. The standard InChI is InChI=1S/C15H15N3O3/c1-10-3-2-8-16-13(10)9-17-15(21)18-12-6-4-11(5-7-12)14(19)20/h2-8H,9H2,1H3,(H,19,20)(H2,17,18,21). The van der Waals surface area contributed by atoms with Crippen LogP contribution in [0.4, 0.5) is 10.5 Å². The van der Waals surface area contributed by atoms with Gasteiger partial charge in [-0.3, -0.25) is 4.98 Å². The molecule has 0 saturated carbocycles. The Morgan fingerprint density at radius 3 is 2.52 bits per heavy atom. The van der Waals surface area contributed by atoms with Crippen molar-refractivity contribution in [2.45, 2.75) is 13.5 Å². The van der Waals surface area contributed by atoms with Crippen molar-refractivity contribution >= 4 is 17.7 Å². The molecule has 1 aromatic carbocycles. The van der Waals surface area contributed by atoms with Gasteiger partial charge in [0, 0.05) is 11.9 Å². The van der Waals surface area contributed by atoms with Crippen LogP contribution in [0.5, 0.6) is 0 Å². The molecule has 2 amide bonds. The molecule has 108 valence electrons. The number of carboxylic acid groups (broad SMARTS) is 1. The lowest BCUT2D eigenvalue weighted by Crippen LogP contribution is -2.28. The van der Waals surface area contributed by atoms with Crippen LogP contribution in [0.25, 0.3) is 0 Å². The second-order valence-electron chi connectivity index (χ2n) is 4.46. The van der Waals surface area contributed by atoms with E-state index in [1.807, 2.05) is 19.1 Å². The number of carbonyl (C=O) groups excluding carboxylic acids is 1. The number of anilines is 1. The Hall–Kier alpha value is -2.89. The van der Waals surface area contributed by atoms with Crippen molar-refractivity contribution in [3.05, 3.63) is 59.4 Å². The Morgan fingerprint density at radius 1 is 1.19 bits per heavy atom. The molecule has 6 nitrogen and oxygen atoms in total. The molecule has 2 rings (SSSR count). The number of urea groups is 1. The smallest absolute Gasteiger partial charge is 0.335 e. The molecule has 0 aliphatic heterocycles. The Kier molecular flexibility index (Phi) is 4.50. The highest BCUT2D eigenvalue weighted by Gasteiger charge is 2.05. The van der Waals surface area contributed by atoms with Crippen molar-refractivity contribution in [2.75, 3.05) is 5.32 Å². The van der Waals surface area contributed by atoms with Gasteiger partial charge >= 0.3 is 12.0 Å². The average Bonchev–Trinajstić information content (AvgIpc) is 2.47. The van der Waals surface area contributed by atoms with Gasteiger partial charge in [-0.2, -0.15) is 0 Å². The van der Waals surface area contributed by atoms with Gasteiger partial charge in [-0.15, -0.1) is 0 Å². The van der Waals surface area contributed by atoms with E-state index in [1.54, 1.807) is 6.20 Å². The molecule has 0 aliphatic rings. The summed E-state index contributed by atoms with van der Waals surface area (Å²) in [6.45, 7) is 2.25. The SMILES string of the molecule is Cc1cccnc1CNC(=O)Nc1ccc(C(=O)O)cc1. The minimum atomic E-state index is -1.00. The molecule has 0 radical (unpaired) electrons. The second-order valence-corrected chi connectivity index (χ2v) is 4.46. The van der Waals surface area contributed by atoms with E-state index in [-0.39, 0.29) is 11.6 Å². The summed E-state index contributed by atoms with van der Waals surface area (Å²) in [6.07, 6.45) is 1.67. The monoisotopic (exact) mass is 285 g/mol. The number of rotatable bonds is 4. The topological polar surface area (TPSA) is 91.3 Å². The molecular weight excluding hydrogens is 270 g/mol. The fourth-order valence-corrected chi connectivity index (χ4v) is 1.74. The fraction of sp³-hybridized carbons (Fsp3) is 0.133. The van der Waals surface area contributed by atoms with Crippen LogP contribution in [0, 0.1) is 6.92 Å². The summed E-state index contributed by atoms with van der Waals surface area (Å²) >= 11 is 0. The Bertz CT molecular complexity index is 653. The van der Waals surface area contributed by atoms with E-state index in [1.165, 1.54) is 24.3 Å². The fourth-order valence-electron chi connectivity index (χ4n) is 1.74. The number of nitrogens with one attached hydrogen (secondary N) is 2. The van der Waals surface area contributed by atoms with Crippen LogP contribution in [0.2, 0.25) is 0 Å². The van der Waals surface area contributed by atoms with E-state index in [0.717, 1.165) is 11.3 Å². The highest BCUT2D eigenvalue weighted by atomic mass is 16.4. The number of benzene rings is 1. The van der Waals surface area contributed by atoms with E-state index in [4.69, 9.17) is 5.11 Å². The van der Waals surface area contributed by atoms with Gasteiger partial charge in [-0.05, 0) is 42.8 Å². The molecule has 3 N–H and O–H groups in total. The number of aryl methyl sites for hydroxylation is 1. The van der Waals surface area contributed by atoms with Crippen LogP contribution in [0.3, 0.4) is 0 Å². The Morgan fingerprint density at radius 2 is 1.90 bits per heavy atom. The van der Waals surface area contributed by atoms with Crippen LogP contribution < -0.4 is 10.6 Å². The van der Waals surface area contributed by atoms with Crippen LogP contribution in [-0.2, 0) is 6.54 Å². The summed E-state index contributed by atoms with van der Waals surface area (Å²) in [7, 11) is 0. The number of nitrogens with zero attached hydrogens (tertiary/aromatic N) is 1. The first-order chi connectivity index (χ1) is 10.1. The first-order valence-corrected chi connectivity index (χ1v) is 6.35. The number of carbonyl (C=O) groups is 2. The van der Waals surface area contributed by atoms with E-state index < -0.39 is 5.97 Å². The average molecular weight is 285 g/mol. The van der Waals surface area contributed by atoms with Crippen molar-refractivity contribution in [3.8, 4) is 0 Å². The van der Waals surface area contributed by atoms with Crippen LogP contribution >= 0.6 is 0 Å². The number of hydrogen-bond acceptors (Lipinski definition) is 3. The van der Waals surface area contributed by atoms with E-state index >= 15 is 0 Å². The maximum Gasteiger partial charge on any atom is 0.335 e. The molecular formula is C15H15N3O3. The summed E-state index contributed by atoms with van der Waals surface area (Å²) < 4.78 is 0. The molecule has 1 aromatic heterocycles. The van der Waals surface area contributed by atoms with Crippen LogP contribution in [0.15, 0.2) is 42.6 Å². The van der Waals surface area contributed by atoms with E-state index in [0.29, 0.717) is 12.2 Å². The third-order valence-corrected chi connectivity index (χ3v) is 2.92. The zero-order valence-electron chi connectivity index (χ0n) is 11.5. The number of hydrogen-bond donors (Lipinski definition) is 3. The highest BCUT2D eigenvalue weighted by Crippen LogP contribution is 2.09. The lowest BCUT2D eigenvalue weighted by molar-refractivity contribution is 0.0697. The summed E-state index contributed by atoms with van der Waals surface area (Å²) in [5, 5.41) is 14.1. The third-order valence-electron chi connectivity index (χ3n) is 2.92. The molecule has 1 heterocycles. The molecule has 0 bridgehead atoms. The number of aromatic carboxylic acids is 1. The van der Waals surface area contributed by atoms with E-state index in [9.17, 15) is 9.59 Å². The predicted molar refractivity (Wildman–Crippen MR) is 78.2 cm³/mol. The summed E-state index contributed by atoms with van der Waals surface area (Å²) in [6, 6.07) is 9.32. The lowest BCUT2D eigenvalue weighted by atomic mass is 10.2. The maximum absolute atomic E-state index is 11.7. The van der Waals surface area contributed by atoms with Crippen molar-refractivity contribution in [2.24, 2.45) is 0 Å². The van der Waals surface area contributed by atoms with Gasteiger partial charge in [0.2, 0.25) is 0 Å². The molecule has 0 unspecified atom stereocenters. The van der Waals surface area contributed by atoms with Gasteiger partial charge in [-0.25, -0.2) is 9.59 Å². The molecule has 21 heavy (non-hydrogen) atoms. The first kappa shape index (κ1) is 14.5. The van der Waals surface area contributed by atoms with Crippen molar-refractivity contribution in [1.82, 2.24) is 10.3 Å². The largest absolute Gasteiger partial charge is 0.478 e. The number of aromatic nitrogens is 1. The molecule has 6 heteroatoms. The molecule has 0 fully saturated rings. The normalized spacial score (nSPS) is 9.95. The zero-order valence-corrected chi connectivity index (χ0v) is 11.5. The lowest BCUT2D eigenvalue weighted by Gasteiger charge is -2.08. The molecule has 0 aliphatic carbocycles. The van der Waals surface area contributed by atoms with Gasteiger partial charge in [0.05, 0.1) is 17.8 Å². The van der Waals surface area contributed by atoms with Gasteiger partial charge in [0.15, 0.2) is 0 Å². The number of amides is 2. The minimum absolute atomic E-state index is 0.171. The summed E-state index contributed by atoms with van der Waals surface area (Å²) in [5.41, 5.74) is 2.50. The van der Waals surface area contributed by atoms with Gasteiger partial charge in [-0.1, -0.05) is 6.07 Å². The highest BCUT2D eigenvalue weighted by molar-refractivity contribution is 5.91.